The molecule has 0 fully saturated rings. The topological polar surface area (TPSA) is 58.2 Å². The van der Waals surface area contributed by atoms with Gasteiger partial charge < -0.3 is 10.6 Å². The molecule has 2 N–H and O–H groups in total. The van der Waals surface area contributed by atoms with E-state index in [1.807, 2.05) is 0 Å². The first-order chi connectivity index (χ1) is 7.99. The van der Waals surface area contributed by atoms with E-state index in [1.54, 1.807) is 19.1 Å². The summed E-state index contributed by atoms with van der Waals surface area (Å²) in [6.45, 7) is 16.3. The molecule has 0 saturated heterocycles. The van der Waals surface area contributed by atoms with Gasteiger partial charge in [-0.3, -0.25) is 9.59 Å². The third-order valence-corrected chi connectivity index (χ3v) is 1.40. The average molecular weight is 236 g/mol. The van der Waals surface area contributed by atoms with Crippen molar-refractivity contribution in [2.75, 3.05) is 13.1 Å². The highest BCUT2D eigenvalue weighted by molar-refractivity contribution is 5.92. The number of amides is 2. The fraction of sp³-hybridized carbons (Fsp3) is 0.231. The molecule has 0 aromatic heterocycles. The molecule has 0 aromatic carbocycles. The van der Waals surface area contributed by atoms with E-state index in [4.69, 9.17) is 0 Å². The predicted molar refractivity (Wildman–Crippen MR) is 71.4 cm³/mol. The second-order valence-corrected chi connectivity index (χ2v) is 3.02. The van der Waals surface area contributed by atoms with Gasteiger partial charge >= 0.3 is 0 Å². The van der Waals surface area contributed by atoms with Gasteiger partial charge in [0.15, 0.2) is 0 Å². The van der Waals surface area contributed by atoms with Crippen LogP contribution in [0.5, 0.6) is 0 Å². The summed E-state index contributed by atoms with van der Waals surface area (Å²) >= 11 is 0. The highest BCUT2D eigenvalue weighted by atomic mass is 16.2. The number of hydrogen-bond donors (Lipinski definition) is 2. The van der Waals surface area contributed by atoms with Gasteiger partial charge in [0, 0.05) is 18.7 Å². The molecule has 0 unspecified atom stereocenters. The number of hydrogen-bond acceptors (Lipinski definition) is 2. The number of rotatable bonds is 6. The third kappa shape index (κ3) is 13.9. The van der Waals surface area contributed by atoms with Crippen LogP contribution in [0.25, 0.3) is 0 Å². The van der Waals surface area contributed by atoms with Crippen molar-refractivity contribution in [3.8, 4) is 0 Å². The van der Waals surface area contributed by atoms with Gasteiger partial charge in [0.05, 0.1) is 0 Å². The predicted octanol–water partition coefficient (Wildman–Crippen LogP) is 1.34. The summed E-state index contributed by atoms with van der Waals surface area (Å²) < 4.78 is 0. The lowest BCUT2D eigenvalue weighted by molar-refractivity contribution is -0.117. The van der Waals surface area contributed by atoms with E-state index in [0.29, 0.717) is 18.7 Å². The Labute approximate surface area is 103 Å². The molecule has 0 aliphatic rings. The van der Waals surface area contributed by atoms with Gasteiger partial charge in [0.2, 0.25) is 11.8 Å². The minimum atomic E-state index is -0.162. The molecule has 0 spiro atoms. The smallest absolute Gasteiger partial charge is 0.246 e. The zero-order valence-electron chi connectivity index (χ0n) is 10.3. The Morgan fingerprint density at radius 3 is 1.88 bits per heavy atom. The monoisotopic (exact) mass is 236 g/mol. The van der Waals surface area contributed by atoms with Crippen LogP contribution in [0.2, 0.25) is 0 Å². The lowest BCUT2D eigenvalue weighted by Gasteiger charge is -1.97. The lowest BCUT2D eigenvalue weighted by atomic mass is 10.3. The Kier molecular flexibility index (Phi) is 12.2. The van der Waals surface area contributed by atoms with E-state index in [0.717, 1.165) is 0 Å². The van der Waals surface area contributed by atoms with Crippen LogP contribution >= 0.6 is 0 Å². The summed E-state index contributed by atoms with van der Waals surface area (Å²) in [6, 6.07) is 0. The normalized spacial score (nSPS) is 7.82. The minimum absolute atomic E-state index is 0.116. The van der Waals surface area contributed by atoms with E-state index < -0.39 is 0 Å². The lowest BCUT2D eigenvalue weighted by Crippen LogP contribution is -2.23. The largest absolute Gasteiger partial charge is 0.349 e. The maximum atomic E-state index is 10.6. The van der Waals surface area contributed by atoms with Crippen molar-refractivity contribution >= 4 is 11.8 Å². The summed E-state index contributed by atoms with van der Waals surface area (Å²) in [4.78, 5) is 20.9. The Morgan fingerprint density at radius 1 is 1.06 bits per heavy atom. The summed E-state index contributed by atoms with van der Waals surface area (Å²) in [5, 5.41) is 5.08. The van der Waals surface area contributed by atoms with E-state index in [9.17, 15) is 9.59 Å². The van der Waals surface area contributed by atoms with Crippen molar-refractivity contribution in [2.45, 2.75) is 6.92 Å². The molecule has 0 radical (unpaired) electrons. The standard InChI is InChI=1S/C7H11NO.C6H9NO/c1-4-5-8-7(9)6(2)3;1-3-5-7-6(8)4-2/h4H,1-2,5H2,3H3,(H,8,9);3-4H,1-2,5H2,(H,7,8). The zero-order chi connectivity index (χ0) is 13.7. The molecule has 2 amide bonds. The van der Waals surface area contributed by atoms with Crippen molar-refractivity contribution in [1.29, 1.82) is 0 Å². The summed E-state index contributed by atoms with van der Waals surface area (Å²) in [5.41, 5.74) is 0.525. The Balaban J connectivity index is 0. The van der Waals surface area contributed by atoms with E-state index >= 15 is 0 Å². The Morgan fingerprint density at radius 2 is 1.53 bits per heavy atom. The van der Waals surface area contributed by atoms with Gasteiger partial charge in [-0.05, 0) is 13.0 Å². The fourth-order valence-electron chi connectivity index (χ4n) is 0.561. The first kappa shape index (κ1) is 17.3. The van der Waals surface area contributed by atoms with Gasteiger partial charge in [-0.15, -0.1) is 13.2 Å². The van der Waals surface area contributed by atoms with Crippen LogP contribution in [0, 0.1) is 0 Å². The van der Waals surface area contributed by atoms with Crippen molar-refractivity contribution < 1.29 is 9.59 Å². The summed E-state index contributed by atoms with van der Waals surface area (Å²) in [5.74, 6) is -0.278. The van der Waals surface area contributed by atoms with Crippen LogP contribution in [-0.4, -0.2) is 24.9 Å². The molecule has 0 aliphatic carbocycles. The number of carbonyl (C=O) groups excluding carboxylic acids is 2. The van der Waals surface area contributed by atoms with E-state index in [-0.39, 0.29) is 11.8 Å². The van der Waals surface area contributed by atoms with Gasteiger partial charge in [-0.2, -0.15) is 0 Å². The first-order valence-corrected chi connectivity index (χ1v) is 5.05. The van der Waals surface area contributed by atoms with E-state index in [1.165, 1.54) is 6.08 Å². The first-order valence-electron chi connectivity index (χ1n) is 5.05. The maximum Gasteiger partial charge on any atom is 0.246 e. The molecular formula is C13H20N2O2. The summed E-state index contributed by atoms with van der Waals surface area (Å²) in [6.07, 6.45) is 4.46. The van der Waals surface area contributed by atoms with Crippen LogP contribution in [0.1, 0.15) is 6.92 Å². The van der Waals surface area contributed by atoms with Crippen molar-refractivity contribution in [3.63, 3.8) is 0 Å². The maximum absolute atomic E-state index is 10.6. The van der Waals surface area contributed by atoms with Crippen LogP contribution in [0.4, 0.5) is 0 Å². The quantitative estimate of drug-likeness (QED) is 0.540. The molecule has 94 valence electrons. The molecule has 4 nitrogen and oxygen atoms in total. The van der Waals surface area contributed by atoms with Gasteiger partial charge in [-0.25, -0.2) is 0 Å². The Hall–Kier alpha value is -2.10. The number of nitrogens with one attached hydrogen (secondary N) is 2. The van der Waals surface area contributed by atoms with E-state index in [2.05, 4.69) is 36.9 Å². The molecule has 0 aliphatic heterocycles. The molecule has 0 heterocycles. The molecular weight excluding hydrogens is 216 g/mol. The molecule has 17 heavy (non-hydrogen) atoms. The van der Waals surface area contributed by atoms with Crippen molar-refractivity contribution in [1.82, 2.24) is 10.6 Å². The molecule has 0 saturated carbocycles. The molecule has 0 bridgehead atoms. The van der Waals surface area contributed by atoms with Crippen molar-refractivity contribution in [3.05, 3.63) is 50.1 Å². The zero-order valence-corrected chi connectivity index (χ0v) is 10.3. The van der Waals surface area contributed by atoms with Gasteiger partial charge in [-0.1, -0.05) is 25.3 Å². The van der Waals surface area contributed by atoms with Crippen LogP contribution in [0.15, 0.2) is 50.1 Å². The molecule has 4 heteroatoms. The second kappa shape index (κ2) is 12.0. The SMILES string of the molecule is C=CCNC(=O)C(=C)C.C=CCNC(=O)C=C. The van der Waals surface area contributed by atoms with Crippen molar-refractivity contribution in [2.24, 2.45) is 0 Å². The molecule has 0 rings (SSSR count). The fourth-order valence-corrected chi connectivity index (χ4v) is 0.561. The molecule has 0 atom stereocenters. The van der Waals surface area contributed by atoms with Gasteiger partial charge in [0.25, 0.3) is 0 Å². The third-order valence-electron chi connectivity index (χ3n) is 1.40. The second-order valence-electron chi connectivity index (χ2n) is 3.02. The highest BCUT2D eigenvalue weighted by Crippen LogP contribution is 1.83. The van der Waals surface area contributed by atoms with Gasteiger partial charge in [0.1, 0.15) is 0 Å². The molecule has 0 aromatic rings. The summed E-state index contributed by atoms with van der Waals surface area (Å²) in [7, 11) is 0. The van der Waals surface area contributed by atoms with Crippen LogP contribution < -0.4 is 10.6 Å². The van der Waals surface area contributed by atoms with Crippen LogP contribution in [-0.2, 0) is 9.59 Å². The number of carbonyl (C=O) groups is 2. The minimum Gasteiger partial charge on any atom is -0.349 e. The highest BCUT2D eigenvalue weighted by Gasteiger charge is 1.95. The Bertz CT molecular complexity index is 307. The van der Waals surface area contributed by atoms with Crippen LogP contribution in [0.3, 0.4) is 0 Å². The average Bonchev–Trinajstić information content (AvgIpc) is 2.33.